The zero-order valence-corrected chi connectivity index (χ0v) is 18.5. The number of hydrogen-bond acceptors (Lipinski definition) is 10. The predicted octanol–water partition coefficient (Wildman–Crippen LogP) is 1.53. The largest absolute Gasteiger partial charge is 0.439 e. The van der Waals surface area contributed by atoms with Crippen LogP contribution in [0.1, 0.15) is 20.7 Å². The Balaban J connectivity index is 1.21. The highest BCUT2D eigenvalue weighted by Crippen LogP contribution is 2.09. The van der Waals surface area contributed by atoms with Crippen molar-refractivity contribution in [1.29, 1.82) is 0 Å². The van der Waals surface area contributed by atoms with Crippen molar-refractivity contribution >= 4 is 33.7 Å². The highest BCUT2D eigenvalue weighted by Gasteiger charge is 2.14. The Morgan fingerprint density at radius 3 is 1.42 bits per heavy atom. The lowest BCUT2D eigenvalue weighted by molar-refractivity contribution is 0.0322. The van der Waals surface area contributed by atoms with Crippen molar-refractivity contribution in [2.45, 2.75) is 13.5 Å². The quantitative estimate of drug-likeness (QED) is 0.325. The third-order valence-electron chi connectivity index (χ3n) is 5.25. The molecule has 12 heteroatoms. The van der Waals surface area contributed by atoms with Gasteiger partial charge in [-0.15, -0.1) is 10.2 Å². The number of carbonyl (C=O) groups excluding carboxylic acids is 2. The number of fused-ring (bicyclic) bond motifs is 2. The molecule has 0 atom stereocenters. The molecule has 0 saturated carbocycles. The topological polar surface area (TPSA) is 148 Å². The molecule has 0 fully saturated rings. The molecule has 0 aliphatic rings. The van der Waals surface area contributed by atoms with E-state index in [0.717, 1.165) is 9.36 Å². The molecule has 0 unspecified atom stereocenters. The van der Waals surface area contributed by atoms with Crippen molar-refractivity contribution in [2.75, 3.05) is 0 Å². The van der Waals surface area contributed by atoms with E-state index in [2.05, 4.69) is 20.6 Å². The van der Waals surface area contributed by atoms with Crippen molar-refractivity contribution in [3.63, 3.8) is 0 Å². The second-order valence-corrected chi connectivity index (χ2v) is 7.52. The van der Waals surface area contributed by atoms with Crippen LogP contribution >= 0.6 is 0 Å². The van der Waals surface area contributed by atoms with Crippen LogP contribution in [-0.2, 0) is 22.9 Å². The number of carbonyl (C=O) groups is 2. The van der Waals surface area contributed by atoms with E-state index < -0.39 is 36.5 Å². The first-order chi connectivity index (χ1) is 17.5. The maximum Gasteiger partial charge on any atom is 0.339 e. The van der Waals surface area contributed by atoms with Crippen LogP contribution in [0.25, 0.3) is 21.8 Å². The predicted molar refractivity (Wildman–Crippen MR) is 125 cm³/mol. The Hall–Kier alpha value is -5.26. The van der Waals surface area contributed by atoms with Gasteiger partial charge in [-0.1, -0.05) is 34.7 Å². The Labute approximate surface area is 201 Å². The molecule has 5 aromatic rings. The minimum absolute atomic E-state index is 0.143. The Morgan fingerprint density at radius 2 is 1.00 bits per heavy atom. The van der Waals surface area contributed by atoms with Gasteiger partial charge in [0.05, 0.1) is 21.9 Å². The molecule has 0 radical (unpaired) electrons. The van der Waals surface area contributed by atoms with Gasteiger partial charge in [0.25, 0.3) is 11.1 Å². The molecule has 12 nitrogen and oxygen atoms in total. The smallest absolute Gasteiger partial charge is 0.339 e. The van der Waals surface area contributed by atoms with Gasteiger partial charge in [0.2, 0.25) is 0 Å². The van der Waals surface area contributed by atoms with Gasteiger partial charge in [-0.3, -0.25) is 9.59 Å². The number of aromatic nitrogens is 6. The minimum atomic E-state index is -0.727. The summed E-state index contributed by atoms with van der Waals surface area (Å²) in [6, 6.07) is 18.9. The van der Waals surface area contributed by atoms with Crippen LogP contribution < -0.4 is 11.1 Å². The molecule has 2 heterocycles. The monoisotopic (exact) mass is 484 g/mol. The summed E-state index contributed by atoms with van der Waals surface area (Å²) in [5.74, 6) is -1.45. The SMILES string of the molecule is O=C(OCn1nnc2ccccc2c1=O)c1ccc(C(=O)OCn2nnc3ccccc3c2=O)cc1. The zero-order chi connectivity index (χ0) is 25.1. The van der Waals surface area contributed by atoms with E-state index in [1.165, 1.54) is 24.3 Å². The summed E-state index contributed by atoms with van der Waals surface area (Å²) in [5.41, 5.74) is 0.272. The summed E-state index contributed by atoms with van der Waals surface area (Å²) >= 11 is 0. The van der Waals surface area contributed by atoms with E-state index in [4.69, 9.17) is 9.47 Å². The van der Waals surface area contributed by atoms with E-state index in [-0.39, 0.29) is 11.1 Å². The van der Waals surface area contributed by atoms with Crippen molar-refractivity contribution in [2.24, 2.45) is 0 Å². The fourth-order valence-corrected chi connectivity index (χ4v) is 3.36. The van der Waals surface area contributed by atoms with Gasteiger partial charge in [-0.05, 0) is 48.5 Å². The molecule has 2 aromatic heterocycles. The second kappa shape index (κ2) is 9.54. The molecule has 5 rings (SSSR count). The molecule has 3 aromatic carbocycles. The summed E-state index contributed by atoms with van der Waals surface area (Å²) in [4.78, 5) is 49.6. The lowest BCUT2D eigenvalue weighted by Crippen LogP contribution is -2.26. The van der Waals surface area contributed by atoms with Crippen LogP contribution in [-0.4, -0.2) is 41.9 Å². The molecule has 0 saturated heterocycles. The summed E-state index contributed by atoms with van der Waals surface area (Å²) in [7, 11) is 0. The van der Waals surface area contributed by atoms with Crippen molar-refractivity contribution in [3.8, 4) is 0 Å². The molecule has 178 valence electrons. The number of esters is 2. The van der Waals surface area contributed by atoms with Crippen LogP contribution in [0.15, 0.2) is 82.4 Å². The molecule has 0 spiro atoms. The van der Waals surface area contributed by atoms with Gasteiger partial charge < -0.3 is 9.47 Å². The Kier molecular flexibility index (Phi) is 5.97. The third kappa shape index (κ3) is 4.42. The molecule has 0 N–H and O–H groups in total. The highest BCUT2D eigenvalue weighted by molar-refractivity contribution is 5.93. The maximum atomic E-state index is 12.4. The molecule has 0 aliphatic heterocycles. The normalized spacial score (nSPS) is 10.9. The van der Waals surface area contributed by atoms with Crippen LogP contribution in [0.5, 0.6) is 0 Å². The molecule has 0 amide bonds. The van der Waals surface area contributed by atoms with Crippen LogP contribution in [0.4, 0.5) is 0 Å². The average Bonchev–Trinajstić information content (AvgIpc) is 2.92. The summed E-state index contributed by atoms with van der Waals surface area (Å²) < 4.78 is 12.2. The van der Waals surface area contributed by atoms with Gasteiger partial charge in [0.1, 0.15) is 11.0 Å². The number of nitrogens with zero attached hydrogens (tertiary/aromatic N) is 6. The fourth-order valence-electron chi connectivity index (χ4n) is 3.36. The molecule has 0 aliphatic carbocycles. The number of ether oxygens (including phenoxy) is 2. The van der Waals surface area contributed by atoms with Crippen molar-refractivity contribution < 1.29 is 19.1 Å². The van der Waals surface area contributed by atoms with Crippen LogP contribution in [0, 0.1) is 0 Å². The molecular formula is C24H16N6O6. The summed E-state index contributed by atoms with van der Waals surface area (Å²) in [6.07, 6.45) is 0. The van der Waals surface area contributed by atoms with Gasteiger partial charge in [0.15, 0.2) is 13.5 Å². The fraction of sp³-hybridized carbons (Fsp3) is 0.0833. The second-order valence-electron chi connectivity index (χ2n) is 7.52. The first kappa shape index (κ1) is 22.5. The average molecular weight is 484 g/mol. The highest BCUT2D eigenvalue weighted by atomic mass is 16.5. The lowest BCUT2D eigenvalue weighted by Gasteiger charge is -2.08. The van der Waals surface area contributed by atoms with E-state index in [0.29, 0.717) is 21.8 Å². The van der Waals surface area contributed by atoms with E-state index >= 15 is 0 Å². The van der Waals surface area contributed by atoms with Gasteiger partial charge in [-0.25, -0.2) is 9.59 Å². The lowest BCUT2D eigenvalue weighted by atomic mass is 10.1. The molecule has 0 bridgehead atoms. The van der Waals surface area contributed by atoms with E-state index in [9.17, 15) is 19.2 Å². The van der Waals surface area contributed by atoms with Gasteiger partial charge in [0, 0.05) is 0 Å². The summed E-state index contributed by atoms with van der Waals surface area (Å²) in [5, 5.41) is 16.1. The Bertz CT molecular complexity index is 1600. The van der Waals surface area contributed by atoms with Gasteiger partial charge in [-0.2, -0.15) is 9.36 Å². The minimum Gasteiger partial charge on any atom is -0.439 e. The van der Waals surface area contributed by atoms with Crippen molar-refractivity contribution in [3.05, 3.63) is 105 Å². The Morgan fingerprint density at radius 1 is 0.611 bits per heavy atom. The standard InChI is InChI=1S/C24H16N6O6/c31-21-17-5-1-3-7-19(17)25-27-29(21)13-35-23(33)15-9-11-16(12-10-15)24(34)36-14-30-22(32)18-6-2-4-8-20(18)26-28-30/h1-12H,13-14H2. The maximum absolute atomic E-state index is 12.4. The third-order valence-corrected chi connectivity index (χ3v) is 5.25. The number of hydrogen-bond donors (Lipinski definition) is 0. The van der Waals surface area contributed by atoms with E-state index in [1.807, 2.05) is 0 Å². The number of rotatable bonds is 6. The summed E-state index contributed by atoms with van der Waals surface area (Å²) in [6.45, 7) is -0.859. The van der Waals surface area contributed by atoms with Crippen molar-refractivity contribution in [1.82, 2.24) is 30.0 Å². The zero-order valence-electron chi connectivity index (χ0n) is 18.5. The van der Waals surface area contributed by atoms with Gasteiger partial charge >= 0.3 is 11.9 Å². The molecular weight excluding hydrogens is 468 g/mol. The van der Waals surface area contributed by atoms with Crippen LogP contribution in [0.3, 0.4) is 0 Å². The molecule has 36 heavy (non-hydrogen) atoms. The first-order valence-electron chi connectivity index (χ1n) is 10.6. The van der Waals surface area contributed by atoms with Crippen LogP contribution in [0.2, 0.25) is 0 Å². The first-order valence-corrected chi connectivity index (χ1v) is 10.6. The number of benzene rings is 3. The van der Waals surface area contributed by atoms with E-state index in [1.54, 1.807) is 48.5 Å².